The lowest BCUT2D eigenvalue weighted by Crippen LogP contribution is -2.34. The van der Waals surface area contributed by atoms with Gasteiger partial charge in [-0.15, -0.1) is 11.6 Å². The van der Waals surface area contributed by atoms with E-state index in [0.717, 1.165) is 31.2 Å². The third-order valence-corrected chi connectivity index (χ3v) is 5.70. The zero-order valence-electron chi connectivity index (χ0n) is 11.1. The molecule has 106 valence electrons. The smallest absolute Gasteiger partial charge is 0.211 e. The van der Waals surface area contributed by atoms with Gasteiger partial charge in [-0.05, 0) is 37.8 Å². The van der Waals surface area contributed by atoms with Gasteiger partial charge in [0.25, 0.3) is 0 Å². The fourth-order valence-corrected chi connectivity index (χ4v) is 3.87. The maximum Gasteiger partial charge on any atom is 0.240 e. The van der Waals surface area contributed by atoms with Crippen LogP contribution in [-0.4, -0.2) is 20.3 Å². The molecule has 1 aliphatic carbocycles. The topological polar surface area (TPSA) is 46.2 Å². The van der Waals surface area contributed by atoms with Gasteiger partial charge in [-0.25, -0.2) is 13.1 Å². The van der Waals surface area contributed by atoms with Crippen LogP contribution >= 0.6 is 11.6 Å². The van der Waals surface area contributed by atoms with Crippen molar-refractivity contribution in [1.82, 2.24) is 4.72 Å². The molecule has 0 spiro atoms. The van der Waals surface area contributed by atoms with Crippen LogP contribution in [0.4, 0.5) is 0 Å². The van der Waals surface area contributed by atoms with Crippen LogP contribution < -0.4 is 4.72 Å². The minimum atomic E-state index is -3.41. The molecule has 5 heteroatoms. The average Bonchev–Trinajstić information content (AvgIpc) is 2.38. The summed E-state index contributed by atoms with van der Waals surface area (Å²) < 4.78 is 27.0. The van der Waals surface area contributed by atoms with Gasteiger partial charge in [-0.2, -0.15) is 0 Å². The van der Waals surface area contributed by atoms with Gasteiger partial charge in [0.2, 0.25) is 10.0 Å². The van der Waals surface area contributed by atoms with Crippen LogP contribution in [0.25, 0.3) is 0 Å². The number of aryl methyl sites for hydroxylation is 1. The van der Waals surface area contributed by atoms with Crippen LogP contribution in [0.15, 0.2) is 29.2 Å². The van der Waals surface area contributed by atoms with Crippen molar-refractivity contribution in [1.29, 1.82) is 0 Å². The zero-order chi connectivity index (χ0) is 13.9. The highest BCUT2D eigenvalue weighted by Gasteiger charge is 2.25. The van der Waals surface area contributed by atoms with E-state index in [-0.39, 0.29) is 11.3 Å². The van der Waals surface area contributed by atoms with Gasteiger partial charge in [0.1, 0.15) is 0 Å². The number of rotatable bonds is 4. The first-order valence-corrected chi connectivity index (χ1v) is 8.61. The lowest BCUT2D eigenvalue weighted by atomic mass is 9.89. The Morgan fingerprint density at radius 3 is 2.47 bits per heavy atom. The molecule has 1 aromatic carbocycles. The molecule has 1 aromatic rings. The summed E-state index contributed by atoms with van der Waals surface area (Å²) >= 11 is 6.24. The molecule has 0 aromatic heterocycles. The van der Waals surface area contributed by atoms with Gasteiger partial charge in [0.05, 0.1) is 4.90 Å². The Balaban J connectivity index is 1.99. The van der Waals surface area contributed by atoms with Crippen molar-refractivity contribution < 1.29 is 8.42 Å². The van der Waals surface area contributed by atoms with E-state index < -0.39 is 10.0 Å². The van der Waals surface area contributed by atoms with Gasteiger partial charge in [-0.3, -0.25) is 0 Å². The van der Waals surface area contributed by atoms with Gasteiger partial charge in [0.15, 0.2) is 0 Å². The Hall–Kier alpha value is -0.580. The number of sulfonamides is 1. The molecule has 0 aliphatic heterocycles. The summed E-state index contributed by atoms with van der Waals surface area (Å²) in [6.45, 7) is 2.37. The van der Waals surface area contributed by atoms with Crippen LogP contribution in [0.1, 0.15) is 31.2 Å². The monoisotopic (exact) mass is 301 g/mol. The second kappa shape index (κ2) is 6.25. The van der Waals surface area contributed by atoms with Crippen molar-refractivity contribution in [2.45, 2.75) is 42.9 Å². The molecule has 0 bridgehead atoms. The first-order chi connectivity index (χ1) is 8.99. The van der Waals surface area contributed by atoms with Crippen LogP contribution in [0.5, 0.6) is 0 Å². The van der Waals surface area contributed by atoms with Crippen molar-refractivity contribution in [3.8, 4) is 0 Å². The van der Waals surface area contributed by atoms with E-state index in [1.807, 2.05) is 6.92 Å². The van der Waals surface area contributed by atoms with Crippen LogP contribution in [0.2, 0.25) is 0 Å². The molecule has 2 atom stereocenters. The summed E-state index contributed by atoms with van der Waals surface area (Å²) in [7, 11) is -3.41. The van der Waals surface area contributed by atoms with E-state index in [4.69, 9.17) is 11.6 Å². The maximum absolute atomic E-state index is 12.1. The summed E-state index contributed by atoms with van der Waals surface area (Å²) in [6.07, 6.45) is 4.28. The van der Waals surface area contributed by atoms with E-state index in [2.05, 4.69) is 4.72 Å². The van der Waals surface area contributed by atoms with Crippen molar-refractivity contribution in [2.75, 3.05) is 6.54 Å². The fourth-order valence-electron chi connectivity index (χ4n) is 2.41. The van der Waals surface area contributed by atoms with Gasteiger partial charge in [-0.1, -0.05) is 30.5 Å². The van der Waals surface area contributed by atoms with E-state index in [1.54, 1.807) is 24.3 Å². The molecule has 0 saturated heterocycles. The van der Waals surface area contributed by atoms with Gasteiger partial charge < -0.3 is 0 Å². The summed E-state index contributed by atoms with van der Waals surface area (Å²) in [5.74, 6) is 0.246. The molecule has 0 heterocycles. The van der Waals surface area contributed by atoms with E-state index in [9.17, 15) is 8.42 Å². The van der Waals surface area contributed by atoms with Crippen molar-refractivity contribution in [3.63, 3.8) is 0 Å². The summed E-state index contributed by atoms with van der Waals surface area (Å²) in [5, 5.41) is 0.0921. The second-order valence-corrected chi connectivity index (χ2v) is 7.55. The number of halogens is 1. The highest BCUT2D eigenvalue weighted by molar-refractivity contribution is 7.89. The van der Waals surface area contributed by atoms with Crippen LogP contribution in [-0.2, 0) is 10.0 Å². The molecule has 1 saturated carbocycles. The molecule has 2 unspecified atom stereocenters. The van der Waals surface area contributed by atoms with Crippen molar-refractivity contribution >= 4 is 21.6 Å². The predicted molar refractivity (Wildman–Crippen MR) is 78.0 cm³/mol. The van der Waals surface area contributed by atoms with E-state index in [0.29, 0.717) is 11.4 Å². The number of alkyl halides is 1. The number of benzene rings is 1. The number of hydrogen-bond donors (Lipinski definition) is 1. The molecule has 2 rings (SSSR count). The molecule has 1 fully saturated rings. The minimum absolute atomic E-state index is 0.0921. The molecule has 3 nitrogen and oxygen atoms in total. The van der Waals surface area contributed by atoms with E-state index >= 15 is 0 Å². The first kappa shape index (κ1) is 14.8. The first-order valence-electron chi connectivity index (χ1n) is 6.69. The normalized spacial score (nSPS) is 24.3. The predicted octanol–water partition coefficient (Wildman–Crippen LogP) is 3.07. The van der Waals surface area contributed by atoms with E-state index in [1.165, 1.54) is 0 Å². The Morgan fingerprint density at radius 2 is 1.84 bits per heavy atom. The SMILES string of the molecule is Cc1ccc(S(=O)(=O)NCC2CCCCC2Cl)cc1. The lowest BCUT2D eigenvalue weighted by molar-refractivity contribution is 0.364. The summed E-state index contributed by atoms with van der Waals surface area (Å²) in [5.41, 5.74) is 1.05. The highest BCUT2D eigenvalue weighted by Crippen LogP contribution is 2.28. The standard InChI is InChI=1S/C14H20ClNO2S/c1-11-6-8-13(9-7-11)19(17,18)16-10-12-4-2-3-5-14(12)15/h6-9,12,14,16H,2-5,10H2,1H3. The third-order valence-electron chi connectivity index (χ3n) is 3.68. The highest BCUT2D eigenvalue weighted by atomic mass is 35.5. The molecular weight excluding hydrogens is 282 g/mol. The Kier molecular flexibility index (Phi) is 4.87. The molecule has 0 amide bonds. The largest absolute Gasteiger partial charge is 0.240 e. The van der Waals surface area contributed by atoms with Gasteiger partial charge >= 0.3 is 0 Å². The molecule has 1 N–H and O–H groups in total. The number of hydrogen-bond acceptors (Lipinski definition) is 2. The molecule has 19 heavy (non-hydrogen) atoms. The molecule has 0 radical (unpaired) electrons. The second-order valence-electron chi connectivity index (χ2n) is 5.23. The summed E-state index contributed by atoms with van der Waals surface area (Å²) in [4.78, 5) is 0.319. The Morgan fingerprint density at radius 1 is 1.21 bits per heavy atom. The quantitative estimate of drug-likeness (QED) is 0.869. The summed E-state index contributed by atoms with van der Waals surface area (Å²) in [6, 6.07) is 6.88. The lowest BCUT2D eigenvalue weighted by Gasteiger charge is -2.27. The molecular formula is C14H20ClNO2S. The number of nitrogens with one attached hydrogen (secondary N) is 1. The van der Waals surface area contributed by atoms with Crippen molar-refractivity contribution in [3.05, 3.63) is 29.8 Å². The maximum atomic E-state index is 12.1. The third kappa shape index (κ3) is 3.94. The fraction of sp³-hybridized carbons (Fsp3) is 0.571. The van der Waals surface area contributed by atoms with Crippen molar-refractivity contribution in [2.24, 2.45) is 5.92 Å². The molecule has 1 aliphatic rings. The Bertz CT molecular complexity index is 513. The van der Waals surface area contributed by atoms with Crippen LogP contribution in [0.3, 0.4) is 0 Å². The zero-order valence-corrected chi connectivity index (χ0v) is 12.7. The average molecular weight is 302 g/mol. The van der Waals surface area contributed by atoms with Crippen LogP contribution in [0, 0.1) is 12.8 Å². The van der Waals surface area contributed by atoms with Gasteiger partial charge in [0, 0.05) is 11.9 Å². The minimum Gasteiger partial charge on any atom is -0.211 e. The Labute approximate surface area is 120 Å².